The van der Waals surface area contributed by atoms with Gasteiger partial charge in [-0.25, -0.2) is 4.98 Å². The highest BCUT2D eigenvalue weighted by molar-refractivity contribution is 7.13. The van der Waals surface area contributed by atoms with Crippen LogP contribution in [0.3, 0.4) is 0 Å². The molecule has 0 N–H and O–H groups in total. The van der Waals surface area contributed by atoms with E-state index in [9.17, 15) is 0 Å². The summed E-state index contributed by atoms with van der Waals surface area (Å²) in [6.45, 7) is 0. The van der Waals surface area contributed by atoms with Gasteiger partial charge in [0, 0.05) is 16.6 Å². The molecule has 0 spiro atoms. The molecule has 3 rings (SSSR count). The average Bonchev–Trinajstić information content (AvgIpc) is 3.02. The van der Waals surface area contributed by atoms with Crippen LogP contribution in [-0.2, 0) is 6.42 Å². The maximum atomic E-state index is 5.70. The van der Waals surface area contributed by atoms with Gasteiger partial charge in [-0.2, -0.15) is 0 Å². The van der Waals surface area contributed by atoms with E-state index in [1.165, 1.54) is 0 Å². The van der Waals surface area contributed by atoms with Crippen molar-refractivity contribution in [2.24, 2.45) is 0 Å². The van der Waals surface area contributed by atoms with Crippen LogP contribution in [0.1, 0.15) is 12.1 Å². The normalized spacial score (nSPS) is 11.2. The maximum Gasteiger partial charge on any atom is 0.134 e. The standard InChI is InChI=1S/C14H12ClNOS/c15-7-3-4-10-9-18-14(16-10)12-8-17-13-6-2-1-5-11(12)13/h1-2,5-6,8-9H,3-4,7H2. The molecule has 92 valence electrons. The van der Waals surface area contributed by atoms with Crippen LogP contribution in [0.15, 0.2) is 40.3 Å². The van der Waals surface area contributed by atoms with E-state index in [2.05, 4.69) is 16.4 Å². The first kappa shape index (κ1) is 11.8. The molecule has 2 nitrogen and oxygen atoms in total. The van der Waals surface area contributed by atoms with Crippen LogP contribution in [0.25, 0.3) is 21.5 Å². The monoisotopic (exact) mass is 277 g/mol. The van der Waals surface area contributed by atoms with Crippen molar-refractivity contribution >= 4 is 33.9 Å². The number of aryl methyl sites for hydroxylation is 1. The minimum atomic E-state index is 0.682. The number of furan rings is 1. The van der Waals surface area contributed by atoms with E-state index in [-0.39, 0.29) is 0 Å². The lowest BCUT2D eigenvalue weighted by atomic mass is 10.2. The van der Waals surface area contributed by atoms with Gasteiger partial charge in [-0.15, -0.1) is 22.9 Å². The molecule has 0 unspecified atom stereocenters. The van der Waals surface area contributed by atoms with Gasteiger partial charge in [0.25, 0.3) is 0 Å². The zero-order valence-electron chi connectivity index (χ0n) is 9.73. The molecule has 0 aliphatic rings. The number of hydrogen-bond acceptors (Lipinski definition) is 3. The van der Waals surface area contributed by atoms with Gasteiger partial charge in [-0.3, -0.25) is 0 Å². The molecule has 2 aromatic heterocycles. The third-order valence-corrected chi connectivity index (χ3v) is 4.02. The smallest absolute Gasteiger partial charge is 0.134 e. The number of hydrogen-bond donors (Lipinski definition) is 0. The zero-order chi connectivity index (χ0) is 12.4. The van der Waals surface area contributed by atoms with Crippen LogP contribution in [0.4, 0.5) is 0 Å². The van der Waals surface area contributed by atoms with Crippen LogP contribution >= 0.6 is 22.9 Å². The largest absolute Gasteiger partial charge is 0.464 e. The van der Waals surface area contributed by atoms with Crippen molar-refractivity contribution in [3.05, 3.63) is 41.6 Å². The average molecular weight is 278 g/mol. The number of halogens is 1. The molecule has 0 amide bonds. The number of benzene rings is 1. The topological polar surface area (TPSA) is 26.0 Å². The molecule has 0 bridgehead atoms. The summed E-state index contributed by atoms with van der Waals surface area (Å²) in [6, 6.07) is 8.03. The molecule has 2 heterocycles. The minimum Gasteiger partial charge on any atom is -0.464 e. The molecule has 0 aliphatic carbocycles. The summed E-state index contributed by atoms with van der Waals surface area (Å²) in [4.78, 5) is 4.64. The predicted octanol–water partition coefficient (Wildman–Crippen LogP) is 4.73. The fraction of sp³-hybridized carbons (Fsp3) is 0.214. The summed E-state index contributed by atoms with van der Waals surface area (Å²) in [7, 11) is 0. The number of alkyl halides is 1. The number of para-hydroxylation sites is 1. The zero-order valence-corrected chi connectivity index (χ0v) is 11.3. The van der Waals surface area contributed by atoms with Crippen molar-refractivity contribution in [2.75, 3.05) is 5.88 Å². The lowest BCUT2D eigenvalue weighted by Gasteiger charge is -1.93. The van der Waals surface area contributed by atoms with Gasteiger partial charge in [0.15, 0.2) is 0 Å². The van der Waals surface area contributed by atoms with Crippen molar-refractivity contribution in [2.45, 2.75) is 12.8 Å². The summed E-state index contributed by atoms with van der Waals surface area (Å²) in [5.41, 5.74) is 3.10. The Balaban J connectivity index is 1.96. The molecule has 0 saturated heterocycles. The first-order chi connectivity index (χ1) is 8.88. The van der Waals surface area contributed by atoms with E-state index in [4.69, 9.17) is 16.0 Å². The van der Waals surface area contributed by atoms with Gasteiger partial charge in [0.05, 0.1) is 11.3 Å². The molecule has 1 aromatic carbocycles. The van der Waals surface area contributed by atoms with Crippen LogP contribution in [0.2, 0.25) is 0 Å². The molecular formula is C14H12ClNOS. The molecule has 3 aromatic rings. The summed E-state index contributed by atoms with van der Waals surface area (Å²) < 4.78 is 5.54. The van der Waals surface area contributed by atoms with E-state index in [0.29, 0.717) is 5.88 Å². The number of rotatable bonds is 4. The van der Waals surface area contributed by atoms with Crippen molar-refractivity contribution in [1.29, 1.82) is 0 Å². The van der Waals surface area contributed by atoms with Gasteiger partial charge in [-0.1, -0.05) is 18.2 Å². The number of fused-ring (bicyclic) bond motifs is 1. The lowest BCUT2D eigenvalue weighted by molar-refractivity contribution is 0.617. The van der Waals surface area contributed by atoms with E-state index in [1.54, 1.807) is 17.6 Å². The molecule has 0 saturated carbocycles. The Morgan fingerprint density at radius 1 is 1.28 bits per heavy atom. The maximum absolute atomic E-state index is 5.70. The fourth-order valence-corrected chi connectivity index (χ4v) is 2.94. The summed E-state index contributed by atoms with van der Waals surface area (Å²) in [5.74, 6) is 0.682. The van der Waals surface area contributed by atoms with Crippen molar-refractivity contribution in [1.82, 2.24) is 4.98 Å². The van der Waals surface area contributed by atoms with E-state index in [1.807, 2.05) is 18.2 Å². The van der Waals surface area contributed by atoms with Crippen LogP contribution in [0.5, 0.6) is 0 Å². The number of nitrogens with zero attached hydrogens (tertiary/aromatic N) is 1. The lowest BCUT2D eigenvalue weighted by Crippen LogP contribution is -1.86. The molecule has 0 fully saturated rings. The second-order valence-electron chi connectivity index (χ2n) is 4.08. The highest BCUT2D eigenvalue weighted by atomic mass is 35.5. The Morgan fingerprint density at radius 3 is 3.06 bits per heavy atom. The number of aromatic nitrogens is 1. The predicted molar refractivity (Wildman–Crippen MR) is 76.4 cm³/mol. The molecular weight excluding hydrogens is 266 g/mol. The molecule has 0 aliphatic heterocycles. The molecule has 0 atom stereocenters. The first-order valence-electron chi connectivity index (χ1n) is 5.85. The van der Waals surface area contributed by atoms with Gasteiger partial charge < -0.3 is 4.42 Å². The van der Waals surface area contributed by atoms with E-state index in [0.717, 1.165) is 40.1 Å². The van der Waals surface area contributed by atoms with Gasteiger partial charge in [0.2, 0.25) is 0 Å². The Kier molecular flexibility index (Phi) is 3.35. The summed E-state index contributed by atoms with van der Waals surface area (Å²) >= 11 is 7.35. The molecule has 4 heteroatoms. The summed E-state index contributed by atoms with van der Waals surface area (Å²) in [5, 5.41) is 4.24. The Hall–Kier alpha value is -1.32. The van der Waals surface area contributed by atoms with Crippen LogP contribution < -0.4 is 0 Å². The second kappa shape index (κ2) is 5.12. The number of thiazole rings is 1. The highest BCUT2D eigenvalue weighted by Gasteiger charge is 2.11. The van der Waals surface area contributed by atoms with Crippen LogP contribution in [0, 0.1) is 0 Å². The Bertz CT molecular complexity index is 658. The van der Waals surface area contributed by atoms with Crippen molar-refractivity contribution in [3.8, 4) is 10.6 Å². The van der Waals surface area contributed by atoms with Gasteiger partial charge >= 0.3 is 0 Å². The van der Waals surface area contributed by atoms with E-state index < -0.39 is 0 Å². The van der Waals surface area contributed by atoms with Crippen molar-refractivity contribution < 1.29 is 4.42 Å². The van der Waals surface area contributed by atoms with Crippen molar-refractivity contribution in [3.63, 3.8) is 0 Å². The van der Waals surface area contributed by atoms with Gasteiger partial charge in [-0.05, 0) is 18.9 Å². The third-order valence-electron chi connectivity index (χ3n) is 2.83. The van der Waals surface area contributed by atoms with E-state index >= 15 is 0 Å². The Morgan fingerprint density at radius 2 is 2.17 bits per heavy atom. The fourth-order valence-electron chi connectivity index (χ4n) is 1.94. The van der Waals surface area contributed by atoms with Crippen LogP contribution in [-0.4, -0.2) is 10.9 Å². The van der Waals surface area contributed by atoms with Gasteiger partial charge in [0.1, 0.15) is 16.9 Å². The minimum absolute atomic E-state index is 0.682. The Labute approximate surface area is 114 Å². The molecule has 18 heavy (non-hydrogen) atoms. The molecule has 0 radical (unpaired) electrons. The highest BCUT2D eigenvalue weighted by Crippen LogP contribution is 2.32. The summed E-state index contributed by atoms with van der Waals surface area (Å²) in [6.07, 6.45) is 3.70. The second-order valence-corrected chi connectivity index (χ2v) is 5.32. The SMILES string of the molecule is ClCCCc1csc(-c2coc3ccccc23)n1. The quantitative estimate of drug-likeness (QED) is 0.645. The third kappa shape index (κ3) is 2.16. The first-order valence-corrected chi connectivity index (χ1v) is 7.27.